The van der Waals surface area contributed by atoms with Gasteiger partial charge in [-0.3, -0.25) is 0 Å². The van der Waals surface area contributed by atoms with Gasteiger partial charge in [0.05, 0.1) is 26.6 Å². The summed E-state index contributed by atoms with van der Waals surface area (Å²) >= 11 is 1.48. The lowest BCUT2D eigenvalue weighted by Gasteiger charge is -2.28. The summed E-state index contributed by atoms with van der Waals surface area (Å²) in [5, 5.41) is 3.88. The Morgan fingerprint density at radius 1 is 1.26 bits per heavy atom. The van der Waals surface area contributed by atoms with Crippen molar-refractivity contribution >= 4 is 39.1 Å². The number of guanidine groups is 1. The van der Waals surface area contributed by atoms with Crippen LogP contribution in [-0.2, 0) is 14.8 Å². The van der Waals surface area contributed by atoms with Gasteiger partial charge in [-0.1, -0.05) is 6.92 Å². The molecule has 6 N–H and O–H groups in total. The number of aliphatic imine (C=N–C) groups is 1. The quantitative estimate of drug-likeness (QED) is 0.314. The Balaban J connectivity index is 1.78. The summed E-state index contributed by atoms with van der Waals surface area (Å²) in [5.74, 6) is 0.106. The second kappa shape index (κ2) is 11.2. The summed E-state index contributed by atoms with van der Waals surface area (Å²) in [4.78, 5) is 21.3. The molecule has 10 nitrogen and oxygen atoms in total. The van der Waals surface area contributed by atoms with Gasteiger partial charge < -0.3 is 21.5 Å². The summed E-state index contributed by atoms with van der Waals surface area (Å²) in [6.45, 7) is 5.61. The van der Waals surface area contributed by atoms with Gasteiger partial charge >= 0.3 is 6.09 Å². The van der Waals surface area contributed by atoms with E-state index in [9.17, 15) is 13.2 Å². The Morgan fingerprint density at radius 2 is 1.97 bits per heavy atom. The van der Waals surface area contributed by atoms with Crippen LogP contribution in [0.4, 0.5) is 10.5 Å². The Labute approximate surface area is 204 Å². The minimum atomic E-state index is -3.76. The van der Waals surface area contributed by atoms with Gasteiger partial charge in [0.1, 0.15) is 0 Å². The summed E-state index contributed by atoms with van der Waals surface area (Å²) in [6.07, 6.45) is 4.61. The zero-order valence-electron chi connectivity index (χ0n) is 19.6. The molecule has 0 spiro atoms. The van der Waals surface area contributed by atoms with E-state index < -0.39 is 10.0 Å². The van der Waals surface area contributed by atoms with Crippen molar-refractivity contribution in [3.05, 3.63) is 29.4 Å². The molecule has 0 unspecified atom stereocenters. The standard InChI is InChI=1S/C22H32N6O4S2/c1-4-26-34(30,31)19-11-16(27-21(23)24)9-10-17(19)18-12-25-20(33-18)14-5-7-15(8-6-14)28-22(29)32-13(2)3/h9-15,26H,4-8H2,1-3H3,(H,28,29)(H4,23,24,27). The topological polar surface area (TPSA) is 162 Å². The molecule has 0 atom stereocenters. The Bertz CT molecular complexity index is 1130. The van der Waals surface area contributed by atoms with E-state index in [0.29, 0.717) is 11.3 Å². The van der Waals surface area contributed by atoms with Crippen LogP contribution in [0.2, 0.25) is 0 Å². The van der Waals surface area contributed by atoms with Gasteiger partial charge in [0.25, 0.3) is 0 Å². The first-order valence-corrected chi connectivity index (χ1v) is 13.6. The van der Waals surface area contributed by atoms with Crippen molar-refractivity contribution in [2.75, 3.05) is 6.54 Å². The molecule has 0 radical (unpaired) electrons. The van der Waals surface area contributed by atoms with Crippen molar-refractivity contribution in [3.8, 4) is 10.4 Å². The molecule has 0 bridgehead atoms. The van der Waals surface area contributed by atoms with Gasteiger partial charge in [0.15, 0.2) is 5.96 Å². The van der Waals surface area contributed by atoms with Crippen molar-refractivity contribution in [1.82, 2.24) is 15.0 Å². The van der Waals surface area contributed by atoms with E-state index in [1.807, 2.05) is 13.8 Å². The fraction of sp³-hybridized carbons (Fsp3) is 0.500. The third-order valence-electron chi connectivity index (χ3n) is 5.38. The number of alkyl carbamates (subject to hydrolysis) is 1. The highest BCUT2D eigenvalue weighted by Gasteiger charge is 2.27. The minimum Gasteiger partial charge on any atom is -0.447 e. The highest BCUT2D eigenvalue weighted by molar-refractivity contribution is 7.89. The number of ether oxygens (including phenoxy) is 1. The normalized spacial score (nSPS) is 18.5. The number of benzene rings is 1. The Morgan fingerprint density at radius 3 is 2.59 bits per heavy atom. The van der Waals surface area contributed by atoms with E-state index in [-0.39, 0.29) is 41.6 Å². The van der Waals surface area contributed by atoms with E-state index in [1.54, 1.807) is 25.3 Å². The van der Waals surface area contributed by atoms with Gasteiger partial charge in [-0.25, -0.2) is 27.9 Å². The molecule has 1 aliphatic rings. The van der Waals surface area contributed by atoms with Gasteiger partial charge in [-0.15, -0.1) is 11.3 Å². The molecular formula is C22H32N6O4S2. The SMILES string of the molecule is CCNS(=O)(=O)c1cc(N=C(N)N)ccc1-c1cnc(C2CCC(NC(=O)OC(C)C)CC2)s1. The average Bonchev–Trinajstić information content (AvgIpc) is 3.23. The maximum atomic E-state index is 12.9. The molecule has 1 heterocycles. The van der Waals surface area contributed by atoms with Crippen LogP contribution in [0.15, 0.2) is 34.3 Å². The summed E-state index contributed by atoms with van der Waals surface area (Å²) in [6, 6.07) is 4.91. The maximum Gasteiger partial charge on any atom is 0.407 e. The highest BCUT2D eigenvalue weighted by atomic mass is 32.2. The second-order valence-corrected chi connectivity index (χ2v) is 11.2. The smallest absolute Gasteiger partial charge is 0.407 e. The van der Waals surface area contributed by atoms with Crippen LogP contribution in [0.1, 0.15) is 57.4 Å². The van der Waals surface area contributed by atoms with Crippen molar-refractivity contribution in [3.63, 3.8) is 0 Å². The first-order valence-electron chi connectivity index (χ1n) is 11.3. The number of hydrogen-bond donors (Lipinski definition) is 4. The first-order chi connectivity index (χ1) is 16.1. The third kappa shape index (κ3) is 6.67. The molecule has 0 saturated heterocycles. The molecule has 1 aromatic heterocycles. The molecule has 1 aromatic carbocycles. The molecule has 0 aliphatic heterocycles. The lowest BCUT2D eigenvalue weighted by Crippen LogP contribution is -2.38. The molecule has 1 saturated carbocycles. The second-order valence-electron chi connectivity index (χ2n) is 8.43. The molecule has 3 rings (SSSR count). The summed E-state index contributed by atoms with van der Waals surface area (Å²) < 4.78 is 33.5. The summed E-state index contributed by atoms with van der Waals surface area (Å²) in [7, 11) is -3.76. The molecule has 1 amide bonds. The number of rotatable bonds is 8. The number of carbonyl (C=O) groups excluding carboxylic acids is 1. The number of thiazole rings is 1. The fourth-order valence-corrected chi connectivity index (χ4v) is 6.39. The van der Waals surface area contributed by atoms with Crippen LogP contribution in [0.5, 0.6) is 0 Å². The zero-order valence-corrected chi connectivity index (χ0v) is 21.2. The van der Waals surface area contributed by atoms with Crippen LogP contribution in [0, 0.1) is 0 Å². The molecule has 1 aliphatic carbocycles. The molecule has 12 heteroatoms. The molecular weight excluding hydrogens is 476 g/mol. The lowest BCUT2D eigenvalue weighted by atomic mass is 9.86. The van der Waals surface area contributed by atoms with Crippen molar-refractivity contribution in [1.29, 1.82) is 0 Å². The minimum absolute atomic E-state index is 0.0851. The van der Waals surface area contributed by atoms with E-state index in [4.69, 9.17) is 16.2 Å². The van der Waals surface area contributed by atoms with Crippen molar-refractivity contribution < 1.29 is 17.9 Å². The third-order valence-corrected chi connectivity index (χ3v) is 8.16. The predicted octanol–water partition coefficient (Wildman–Crippen LogP) is 3.17. The van der Waals surface area contributed by atoms with Gasteiger partial charge in [0.2, 0.25) is 10.0 Å². The number of amides is 1. The van der Waals surface area contributed by atoms with Gasteiger partial charge in [-0.05, 0) is 57.7 Å². The molecule has 186 valence electrons. The maximum absolute atomic E-state index is 12.9. The van der Waals surface area contributed by atoms with Crippen LogP contribution < -0.4 is 21.5 Å². The van der Waals surface area contributed by atoms with Crippen LogP contribution in [0.3, 0.4) is 0 Å². The molecule has 1 fully saturated rings. The fourth-order valence-electron chi connectivity index (χ4n) is 3.92. The number of nitrogens with zero attached hydrogens (tertiary/aromatic N) is 2. The summed E-state index contributed by atoms with van der Waals surface area (Å²) in [5.41, 5.74) is 11.8. The predicted molar refractivity (Wildman–Crippen MR) is 134 cm³/mol. The average molecular weight is 509 g/mol. The number of sulfonamides is 1. The number of nitrogens with one attached hydrogen (secondary N) is 2. The monoisotopic (exact) mass is 508 g/mol. The van der Waals surface area contributed by atoms with Crippen LogP contribution in [-0.4, -0.2) is 44.1 Å². The van der Waals surface area contributed by atoms with E-state index >= 15 is 0 Å². The van der Waals surface area contributed by atoms with Gasteiger partial charge in [-0.2, -0.15) is 0 Å². The number of aromatic nitrogens is 1. The van der Waals surface area contributed by atoms with Crippen LogP contribution >= 0.6 is 11.3 Å². The first kappa shape index (κ1) is 25.9. The molecule has 34 heavy (non-hydrogen) atoms. The largest absolute Gasteiger partial charge is 0.447 e. The van der Waals surface area contributed by atoms with Crippen LogP contribution in [0.25, 0.3) is 10.4 Å². The highest BCUT2D eigenvalue weighted by Crippen LogP contribution is 2.40. The van der Waals surface area contributed by atoms with Crippen molar-refractivity contribution in [2.24, 2.45) is 16.5 Å². The number of hydrogen-bond acceptors (Lipinski definition) is 7. The number of carbonyl (C=O) groups is 1. The van der Waals surface area contributed by atoms with E-state index in [1.165, 1.54) is 17.4 Å². The number of nitrogens with two attached hydrogens (primary N) is 2. The zero-order chi connectivity index (χ0) is 24.9. The lowest BCUT2D eigenvalue weighted by molar-refractivity contribution is 0.109. The Kier molecular flexibility index (Phi) is 8.50. The molecule has 2 aromatic rings. The Hall–Kier alpha value is -2.70. The van der Waals surface area contributed by atoms with Crippen molar-refractivity contribution in [2.45, 2.75) is 69.4 Å². The van der Waals surface area contributed by atoms with E-state index in [2.05, 4.69) is 20.0 Å². The van der Waals surface area contributed by atoms with Gasteiger partial charge in [0, 0.05) is 30.3 Å². The van der Waals surface area contributed by atoms with E-state index in [0.717, 1.165) is 35.6 Å².